The molecule has 1 N–H and O–H groups in total. The van der Waals surface area contributed by atoms with E-state index in [1.807, 2.05) is 0 Å². The summed E-state index contributed by atoms with van der Waals surface area (Å²) < 4.78 is 65.6. The molecular formula is C14H9F5O2. The summed E-state index contributed by atoms with van der Waals surface area (Å²) in [7, 11) is 0. The lowest BCUT2D eigenvalue weighted by molar-refractivity contribution is -0.274. The fourth-order valence-corrected chi connectivity index (χ4v) is 1.73. The van der Waals surface area contributed by atoms with Crippen LogP contribution in [0.25, 0.3) is 0 Å². The number of aliphatic hydroxyl groups is 1. The van der Waals surface area contributed by atoms with Gasteiger partial charge < -0.3 is 9.84 Å². The van der Waals surface area contributed by atoms with E-state index >= 15 is 0 Å². The van der Waals surface area contributed by atoms with Gasteiger partial charge in [0.1, 0.15) is 11.9 Å². The second kappa shape index (κ2) is 5.69. The summed E-state index contributed by atoms with van der Waals surface area (Å²) >= 11 is 0. The third-order valence-electron chi connectivity index (χ3n) is 2.69. The third kappa shape index (κ3) is 3.91. The van der Waals surface area contributed by atoms with Crippen LogP contribution < -0.4 is 4.74 Å². The van der Waals surface area contributed by atoms with Gasteiger partial charge in [-0.15, -0.1) is 13.2 Å². The highest BCUT2D eigenvalue weighted by molar-refractivity contribution is 5.34. The van der Waals surface area contributed by atoms with E-state index in [1.54, 1.807) is 0 Å². The van der Waals surface area contributed by atoms with Crippen LogP contribution in [0.15, 0.2) is 42.5 Å². The second-order valence-corrected chi connectivity index (χ2v) is 4.19. The van der Waals surface area contributed by atoms with Gasteiger partial charge in [0, 0.05) is 0 Å². The fraction of sp³-hybridized carbons (Fsp3) is 0.143. The molecule has 2 aromatic rings. The van der Waals surface area contributed by atoms with Gasteiger partial charge in [-0.25, -0.2) is 8.78 Å². The number of alkyl halides is 3. The number of benzene rings is 2. The summed E-state index contributed by atoms with van der Waals surface area (Å²) in [4.78, 5) is 0. The average molecular weight is 304 g/mol. The number of hydrogen-bond acceptors (Lipinski definition) is 2. The molecule has 0 aliphatic rings. The van der Waals surface area contributed by atoms with Crippen molar-refractivity contribution in [3.63, 3.8) is 0 Å². The van der Waals surface area contributed by atoms with Crippen molar-refractivity contribution in [1.29, 1.82) is 0 Å². The molecule has 0 amide bonds. The topological polar surface area (TPSA) is 29.5 Å². The van der Waals surface area contributed by atoms with E-state index in [2.05, 4.69) is 4.74 Å². The van der Waals surface area contributed by atoms with Crippen molar-refractivity contribution < 1.29 is 31.8 Å². The van der Waals surface area contributed by atoms with E-state index in [0.717, 1.165) is 24.3 Å². The quantitative estimate of drug-likeness (QED) is 0.870. The molecule has 7 heteroatoms. The Morgan fingerprint density at radius 1 is 0.857 bits per heavy atom. The van der Waals surface area contributed by atoms with Gasteiger partial charge in [0.15, 0.2) is 11.6 Å². The summed E-state index contributed by atoms with van der Waals surface area (Å²) in [6.07, 6.45) is -6.10. The molecule has 21 heavy (non-hydrogen) atoms. The first-order valence-corrected chi connectivity index (χ1v) is 5.75. The summed E-state index contributed by atoms with van der Waals surface area (Å²) in [5.74, 6) is -2.62. The Kier molecular flexibility index (Phi) is 4.13. The van der Waals surface area contributed by atoms with Gasteiger partial charge in [-0.2, -0.15) is 0 Å². The summed E-state index contributed by atoms with van der Waals surface area (Å²) in [6, 6.07) is 7.30. The minimum atomic E-state index is -4.81. The average Bonchev–Trinajstić information content (AvgIpc) is 2.40. The number of aliphatic hydroxyl groups excluding tert-OH is 1. The van der Waals surface area contributed by atoms with Crippen LogP contribution >= 0.6 is 0 Å². The molecule has 112 valence electrons. The standard InChI is InChI=1S/C14H9F5O2/c15-11-6-3-9(7-12(11)16)13(20)8-1-4-10(5-2-8)21-14(17,18)19/h1-7,13,20H. The first-order valence-electron chi connectivity index (χ1n) is 5.75. The number of halogens is 5. The van der Waals surface area contributed by atoms with E-state index in [0.29, 0.717) is 0 Å². The lowest BCUT2D eigenvalue weighted by Gasteiger charge is -2.13. The summed E-state index contributed by atoms with van der Waals surface area (Å²) in [5, 5.41) is 9.98. The predicted molar refractivity (Wildman–Crippen MR) is 63.5 cm³/mol. The van der Waals surface area contributed by atoms with Crippen molar-refractivity contribution in [3.05, 3.63) is 65.2 Å². The van der Waals surface area contributed by atoms with Crippen molar-refractivity contribution >= 4 is 0 Å². The predicted octanol–water partition coefficient (Wildman–Crippen LogP) is 3.95. The van der Waals surface area contributed by atoms with E-state index < -0.39 is 29.9 Å². The normalized spacial score (nSPS) is 13.0. The zero-order chi connectivity index (χ0) is 15.6. The molecule has 1 atom stereocenters. The lowest BCUT2D eigenvalue weighted by Crippen LogP contribution is -2.17. The van der Waals surface area contributed by atoms with Gasteiger partial charge >= 0.3 is 6.36 Å². The highest BCUT2D eigenvalue weighted by Gasteiger charge is 2.31. The minimum Gasteiger partial charge on any atom is -0.406 e. The molecule has 0 saturated heterocycles. The monoisotopic (exact) mass is 304 g/mol. The van der Waals surface area contributed by atoms with Crippen LogP contribution in [0.3, 0.4) is 0 Å². The van der Waals surface area contributed by atoms with Crippen LogP contribution in [0.5, 0.6) is 5.75 Å². The molecule has 0 radical (unpaired) electrons. The van der Waals surface area contributed by atoms with Crippen LogP contribution in [0.2, 0.25) is 0 Å². The minimum absolute atomic E-state index is 0.0818. The van der Waals surface area contributed by atoms with E-state index in [4.69, 9.17) is 0 Å². The maximum absolute atomic E-state index is 13.1. The Labute approximate surface area is 116 Å². The third-order valence-corrected chi connectivity index (χ3v) is 2.69. The van der Waals surface area contributed by atoms with Crippen LogP contribution in [-0.2, 0) is 0 Å². The Morgan fingerprint density at radius 2 is 1.43 bits per heavy atom. The smallest absolute Gasteiger partial charge is 0.406 e. The van der Waals surface area contributed by atoms with Crippen LogP contribution in [0.4, 0.5) is 22.0 Å². The van der Waals surface area contributed by atoms with Crippen LogP contribution in [0, 0.1) is 11.6 Å². The van der Waals surface area contributed by atoms with Gasteiger partial charge in [0.25, 0.3) is 0 Å². The maximum Gasteiger partial charge on any atom is 0.573 e. The molecule has 2 aromatic carbocycles. The first kappa shape index (κ1) is 15.2. The van der Waals surface area contributed by atoms with E-state index in [9.17, 15) is 27.1 Å². The highest BCUT2D eigenvalue weighted by atomic mass is 19.4. The van der Waals surface area contributed by atoms with Crippen molar-refractivity contribution in [2.75, 3.05) is 0 Å². The fourth-order valence-electron chi connectivity index (χ4n) is 1.73. The molecule has 2 rings (SSSR count). The number of ether oxygens (including phenoxy) is 1. The molecule has 1 unspecified atom stereocenters. The van der Waals surface area contributed by atoms with Crippen LogP contribution in [0.1, 0.15) is 17.2 Å². The van der Waals surface area contributed by atoms with Crippen molar-refractivity contribution in [2.24, 2.45) is 0 Å². The van der Waals surface area contributed by atoms with E-state index in [1.165, 1.54) is 18.2 Å². The SMILES string of the molecule is OC(c1ccc(OC(F)(F)F)cc1)c1ccc(F)c(F)c1. The molecule has 0 aliphatic heterocycles. The number of rotatable bonds is 3. The van der Waals surface area contributed by atoms with Crippen molar-refractivity contribution in [2.45, 2.75) is 12.5 Å². The highest BCUT2D eigenvalue weighted by Crippen LogP contribution is 2.27. The van der Waals surface area contributed by atoms with Crippen LogP contribution in [-0.4, -0.2) is 11.5 Å². The Balaban J connectivity index is 2.19. The largest absolute Gasteiger partial charge is 0.573 e. The Hall–Kier alpha value is -2.15. The summed E-state index contributed by atoms with van der Waals surface area (Å²) in [5.41, 5.74) is 0.300. The molecule has 2 nitrogen and oxygen atoms in total. The Morgan fingerprint density at radius 3 is 1.95 bits per heavy atom. The van der Waals surface area contributed by atoms with Gasteiger partial charge in [0.2, 0.25) is 0 Å². The molecule has 0 aromatic heterocycles. The van der Waals surface area contributed by atoms with Crippen molar-refractivity contribution in [3.8, 4) is 5.75 Å². The van der Waals surface area contributed by atoms with E-state index in [-0.39, 0.29) is 11.1 Å². The van der Waals surface area contributed by atoms with Gasteiger partial charge in [-0.1, -0.05) is 18.2 Å². The molecular weight excluding hydrogens is 295 g/mol. The van der Waals surface area contributed by atoms with Gasteiger partial charge in [0.05, 0.1) is 0 Å². The first-order chi connectivity index (χ1) is 9.76. The zero-order valence-electron chi connectivity index (χ0n) is 10.4. The zero-order valence-corrected chi connectivity index (χ0v) is 10.4. The van der Waals surface area contributed by atoms with Gasteiger partial charge in [-0.3, -0.25) is 0 Å². The maximum atomic E-state index is 13.1. The molecule has 0 saturated carbocycles. The molecule has 0 bridgehead atoms. The molecule has 0 spiro atoms. The van der Waals surface area contributed by atoms with Gasteiger partial charge in [-0.05, 0) is 35.4 Å². The number of hydrogen-bond donors (Lipinski definition) is 1. The second-order valence-electron chi connectivity index (χ2n) is 4.19. The molecule has 0 fully saturated rings. The lowest BCUT2D eigenvalue weighted by atomic mass is 10.0. The molecule has 0 heterocycles. The van der Waals surface area contributed by atoms with Crippen molar-refractivity contribution in [1.82, 2.24) is 0 Å². The summed E-state index contributed by atoms with van der Waals surface area (Å²) in [6.45, 7) is 0. The molecule has 0 aliphatic carbocycles. The Bertz CT molecular complexity index is 622.